The minimum atomic E-state index is -2.08. The summed E-state index contributed by atoms with van der Waals surface area (Å²) < 4.78 is 37.2. The summed E-state index contributed by atoms with van der Waals surface area (Å²) in [6, 6.07) is 0.0569. The van der Waals surface area contributed by atoms with Crippen LogP contribution in [0.5, 0.6) is 5.75 Å². The third kappa shape index (κ3) is 1.42. The van der Waals surface area contributed by atoms with Crippen LogP contribution < -0.4 is 10.2 Å². The van der Waals surface area contributed by atoms with E-state index in [1.807, 2.05) is 0 Å². The summed E-state index contributed by atoms with van der Waals surface area (Å²) in [5.41, 5.74) is -1.29. The largest absolute Gasteiger partial charge is 0.868 e. The van der Waals surface area contributed by atoms with Crippen molar-refractivity contribution in [3.63, 3.8) is 0 Å². The molecule has 0 aliphatic carbocycles. The fourth-order valence-electron chi connectivity index (χ4n) is 0.729. The van der Waals surface area contributed by atoms with E-state index in [0.717, 1.165) is 0 Å². The summed E-state index contributed by atoms with van der Waals surface area (Å²) in [5.74, 6) is -9.51. The van der Waals surface area contributed by atoms with Crippen LogP contribution >= 0.6 is 0 Å². The molecule has 0 aliphatic heterocycles. The maximum atomic E-state index is 12.6. The van der Waals surface area contributed by atoms with E-state index in [1.54, 1.807) is 0 Å². The first-order valence-electron chi connectivity index (χ1n) is 3.01. The van der Waals surface area contributed by atoms with Gasteiger partial charge in [-0.15, -0.1) is 0 Å². The fourth-order valence-corrected chi connectivity index (χ4v) is 0.729. The van der Waals surface area contributed by atoms with Gasteiger partial charge in [-0.3, -0.25) is 0 Å². The first-order valence-corrected chi connectivity index (χ1v) is 3.01. The Kier molecular flexibility index (Phi) is 2.14. The Hall–Kier alpha value is -1.72. The van der Waals surface area contributed by atoms with E-state index >= 15 is 0 Å². The van der Waals surface area contributed by atoms with Crippen LogP contribution in [0.15, 0.2) is 6.07 Å². The van der Waals surface area contributed by atoms with Crippen molar-refractivity contribution in [3.8, 4) is 5.75 Å². The number of hydrogen-bond acceptors (Lipinski definition) is 3. The Balaban J connectivity index is 3.50. The van der Waals surface area contributed by atoms with Crippen molar-refractivity contribution in [1.29, 1.82) is 0 Å². The number of carbonyl (C=O) groups excluding carboxylic acids is 1. The molecule has 0 aliphatic rings. The predicted octanol–water partition coefficient (Wildman–Crippen LogP) is -0.459. The summed E-state index contributed by atoms with van der Waals surface area (Å²) in [5, 5.41) is 20.5. The molecule has 0 spiro atoms. The lowest BCUT2D eigenvalue weighted by Crippen LogP contribution is -2.24. The second-order valence-electron chi connectivity index (χ2n) is 2.15. The van der Waals surface area contributed by atoms with Gasteiger partial charge in [0, 0.05) is 5.56 Å². The average molecular weight is 190 g/mol. The van der Waals surface area contributed by atoms with Crippen LogP contribution in [0, 0.1) is 17.5 Å². The average Bonchev–Trinajstić information content (AvgIpc) is 2.07. The standard InChI is InChI=1S/C7H3F3O3/c8-3-1-2(7(12)13)4(9)6(11)5(3)10/h1,11H,(H,12,13)/p-2. The van der Waals surface area contributed by atoms with E-state index in [-0.39, 0.29) is 6.07 Å². The molecule has 0 aromatic heterocycles. The summed E-state index contributed by atoms with van der Waals surface area (Å²) in [7, 11) is 0. The second kappa shape index (κ2) is 2.96. The molecule has 0 N–H and O–H groups in total. The van der Waals surface area contributed by atoms with E-state index in [0.29, 0.717) is 0 Å². The van der Waals surface area contributed by atoms with Crippen molar-refractivity contribution < 1.29 is 28.2 Å². The lowest BCUT2D eigenvalue weighted by molar-refractivity contribution is -0.278. The third-order valence-electron chi connectivity index (χ3n) is 1.34. The molecule has 0 unspecified atom stereocenters. The Morgan fingerprint density at radius 1 is 1.23 bits per heavy atom. The summed E-state index contributed by atoms with van der Waals surface area (Å²) in [6.45, 7) is 0. The normalized spacial score (nSPS) is 10.1. The molecule has 0 atom stereocenters. The van der Waals surface area contributed by atoms with Crippen molar-refractivity contribution in [1.82, 2.24) is 0 Å². The predicted molar refractivity (Wildman–Crippen MR) is 30.1 cm³/mol. The SMILES string of the molecule is O=C([O-])c1cc(F)c(F)c([O-])c1F. The van der Waals surface area contributed by atoms with Crippen LogP contribution in [0.2, 0.25) is 0 Å². The molecule has 1 aromatic rings. The zero-order valence-corrected chi connectivity index (χ0v) is 5.94. The van der Waals surface area contributed by atoms with E-state index < -0.39 is 34.7 Å². The Morgan fingerprint density at radius 3 is 2.23 bits per heavy atom. The maximum absolute atomic E-state index is 12.6. The molecule has 6 heteroatoms. The van der Waals surface area contributed by atoms with Crippen LogP contribution in [0.25, 0.3) is 0 Å². The maximum Gasteiger partial charge on any atom is 0.159 e. The van der Waals surface area contributed by atoms with Crippen molar-refractivity contribution in [2.24, 2.45) is 0 Å². The summed E-state index contributed by atoms with van der Waals surface area (Å²) in [4.78, 5) is 10.1. The highest BCUT2D eigenvalue weighted by molar-refractivity contribution is 5.86. The molecule has 0 heterocycles. The Morgan fingerprint density at radius 2 is 1.77 bits per heavy atom. The highest BCUT2D eigenvalue weighted by Gasteiger charge is 2.12. The van der Waals surface area contributed by atoms with Crippen molar-refractivity contribution in [2.45, 2.75) is 0 Å². The van der Waals surface area contributed by atoms with Gasteiger partial charge in [0.15, 0.2) is 11.6 Å². The summed E-state index contributed by atoms with van der Waals surface area (Å²) in [6.07, 6.45) is 0. The number of carbonyl (C=O) groups is 1. The fraction of sp³-hybridized carbons (Fsp3) is 0. The van der Waals surface area contributed by atoms with Crippen LogP contribution in [-0.4, -0.2) is 5.97 Å². The molecule has 0 saturated heterocycles. The molecule has 3 nitrogen and oxygen atoms in total. The molecule has 0 radical (unpaired) electrons. The highest BCUT2D eigenvalue weighted by atomic mass is 19.2. The van der Waals surface area contributed by atoms with Crippen LogP contribution in [0.3, 0.4) is 0 Å². The lowest BCUT2D eigenvalue weighted by Gasteiger charge is -2.13. The molecular weight excluding hydrogens is 189 g/mol. The molecule has 70 valence electrons. The van der Waals surface area contributed by atoms with Crippen molar-refractivity contribution in [2.75, 3.05) is 0 Å². The molecule has 0 fully saturated rings. The molecular formula is C7HF3O3-2. The first kappa shape index (κ1) is 9.37. The van der Waals surface area contributed by atoms with Gasteiger partial charge in [-0.2, -0.15) is 0 Å². The van der Waals surface area contributed by atoms with E-state index in [1.165, 1.54) is 0 Å². The smallest absolute Gasteiger partial charge is 0.159 e. The zero-order valence-electron chi connectivity index (χ0n) is 5.94. The van der Waals surface area contributed by atoms with Gasteiger partial charge in [-0.1, -0.05) is 0 Å². The Bertz CT molecular complexity index is 376. The van der Waals surface area contributed by atoms with E-state index in [2.05, 4.69) is 0 Å². The molecule has 1 rings (SSSR count). The number of carboxylic acid groups (broad SMARTS) is 1. The highest BCUT2D eigenvalue weighted by Crippen LogP contribution is 2.22. The van der Waals surface area contributed by atoms with Gasteiger partial charge < -0.3 is 15.0 Å². The van der Waals surface area contributed by atoms with Crippen LogP contribution in [-0.2, 0) is 0 Å². The number of benzene rings is 1. The number of carboxylic acids is 1. The van der Waals surface area contributed by atoms with Gasteiger partial charge >= 0.3 is 0 Å². The van der Waals surface area contributed by atoms with Gasteiger partial charge in [0.1, 0.15) is 5.82 Å². The van der Waals surface area contributed by atoms with Gasteiger partial charge in [0.05, 0.1) is 5.97 Å². The number of hydrogen-bond donors (Lipinski definition) is 0. The molecule has 1 aromatic carbocycles. The quantitative estimate of drug-likeness (QED) is 0.563. The molecule has 0 amide bonds. The van der Waals surface area contributed by atoms with E-state index in [9.17, 15) is 28.2 Å². The van der Waals surface area contributed by atoms with Crippen molar-refractivity contribution in [3.05, 3.63) is 29.1 Å². The number of aromatic carboxylic acids is 1. The lowest BCUT2D eigenvalue weighted by atomic mass is 10.2. The topological polar surface area (TPSA) is 63.2 Å². The van der Waals surface area contributed by atoms with Crippen LogP contribution in [0.1, 0.15) is 10.4 Å². The minimum absolute atomic E-state index is 0.0569. The van der Waals surface area contributed by atoms with Gasteiger partial charge in [0.25, 0.3) is 0 Å². The molecule has 0 saturated carbocycles. The minimum Gasteiger partial charge on any atom is -0.868 e. The Labute approximate surface area is 70.0 Å². The monoisotopic (exact) mass is 190 g/mol. The molecule has 0 bridgehead atoms. The van der Waals surface area contributed by atoms with Gasteiger partial charge in [0.2, 0.25) is 0 Å². The number of rotatable bonds is 1. The van der Waals surface area contributed by atoms with Gasteiger partial charge in [-0.05, 0) is 11.8 Å². The summed E-state index contributed by atoms with van der Waals surface area (Å²) >= 11 is 0. The van der Waals surface area contributed by atoms with Crippen LogP contribution in [0.4, 0.5) is 13.2 Å². The van der Waals surface area contributed by atoms with Gasteiger partial charge in [-0.25, -0.2) is 13.2 Å². The van der Waals surface area contributed by atoms with Crippen molar-refractivity contribution >= 4 is 5.97 Å². The van der Waals surface area contributed by atoms with E-state index in [4.69, 9.17) is 0 Å². The first-order chi connectivity index (χ1) is 5.95. The zero-order chi connectivity index (χ0) is 10.2. The third-order valence-corrected chi connectivity index (χ3v) is 1.34. The number of halogens is 3. The second-order valence-corrected chi connectivity index (χ2v) is 2.15. The molecule has 13 heavy (non-hydrogen) atoms.